The van der Waals surface area contributed by atoms with Gasteiger partial charge in [-0.1, -0.05) is 26.0 Å². The highest BCUT2D eigenvalue weighted by molar-refractivity contribution is 5.82. The van der Waals surface area contributed by atoms with Gasteiger partial charge >= 0.3 is 0 Å². The number of carbonyl (C=O) groups is 2. The van der Waals surface area contributed by atoms with Crippen molar-refractivity contribution in [3.8, 4) is 5.75 Å². The fourth-order valence-corrected chi connectivity index (χ4v) is 3.10. The average Bonchev–Trinajstić information content (AvgIpc) is 2.91. The number of amides is 2. The molecule has 0 aliphatic heterocycles. The van der Waals surface area contributed by atoms with E-state index in [0.29, 0.717) is 18.1 Å². The van der Waals surface area contributed by atoms with Crippen molar-refractivity contribution in [2.75, 3.05) is 6.61 Å². The van der Waals surface area contributed by atoms with Crippen molar-refractivity contribution in [2.45, 2.75) is 60.9 Å². The molecule has 7 heteroatoms. The Bertz CT molecular complexity index is 871. The monoisotopic (exact) mass is 400 g/mol. The Morgan fingerprint density at radius 3 is 2.48 bits per heavy atom. The Labute approximate surface area is 172 Å². The third-order valence-corrected chi connectivity index (χ3v) is 4.72. The van der Waals surface area contributed by atoms with Crippen molar-refractivity contribution in [1.82, 2.24) is 20.6 Å². The maximum atomic E-state index is 12.1. The second kappa shape index (κ2) is 10.1. The minimum absolute atomic E-state index is 0.162. The fraction of sp³-hybridized carbons (Fsp3) is 0.500. The van der Waals surface area contributed by atoms with E-state index in [1.807, 2.05) is 50.6 Å². The van der Waals surface area contributed by atoms with Crippen LogP contribution >= 0.6 is 0 Å². The van der Waals surface area contributed by atoms with E-state index in [1.54, 1.807) is 0 Å². The first kappa shape index (κ1) is 22.5. The van der Waals surface area contributed by atoms with E-state index in [-0.39, 0.29) is 18.9 Å². The summed E-state index contributed by atoms with van der Waals surface area (Å²) in [4.78, 5) is 24.0. The predicted molar refractivity (Wildman–Crippen MR) is 113 cm³/mol. The lowest BCUT2D eigenvalue weighted by molar-refractivity contribution is -0.130. The molecule has 0 saturated carbocycles. The molecule has 2 N–H and O–H groups in total. The van der Waals surface area contributed by atoms with E-state index in [9.17, 15) is 9.59 Å². The van der Waals surface area contributed by atoms with E-state index in [1.165, 1.54) is 0 Å². The van der Waals surface area contributed by atoms with Gasteiger partial charge in [0.15, 0.2) is 6.61 Å². The molecule has 2 amide bonds. The van der Waals surface area contributed by atoms with E-state index in [4.69, 9.17) is 4.74 Å². The number of nitrogens with zero attached hydrogens (tertiary/aromatic N) is 2. The van der Waals surface area contributed by atoms with E-state index in [2.05, 4.69) is 29.8 Å². The topological polar surface area (TPSA) is 85.2 Å². The number of aryl methyl sites for hydroxylation is 3. The van der Waals surface area contributed by atoms with Crippen molar-refractivity contribution in [2.24, 2.45) is 5.92 Å². The van der Waals surface area contributed by atoms with Crippen LogP contribution in [-0.4, -0.2) is 28.2 Å². The van der Waals surface area contributed by atoms with E-state index >= 15 is 0 Å². The Balaban J connectivity index is 1.78. The normalized spacial score (nSPS) is 10.9. The van der Waals surface area contributed by atoms with Gasteiger partial charge in [-0.3, -0.25) is 25.1 Å². The molecule has 0 fully saturated rings. The lowest BCUT2D eigenvalue weighted by Crippen LogP contribution is -2.43. The smallest absolute Gasteiger partial charge is 0.276 e. The minimum Gasteiger partial charge on any atom is -0.483 e. The molecule has 29 heavy (non-hydrogen) atoms. The lowest BCUT2D eigenvalue weighted by atomic mass is 10.1. The number of rotatable bonds is 8. The molecule has 0 atom stereocenters. The quantitative estimate of drug-likeness (QED) is 0.667. The van der Waals surface area contributed by atoms with Crippen LogP contribution < -0.4 is 15.6 Å². The highest BCUT2D eigenvalue weighted by Gasteiger charge is 2.14. The van der Waals surface area contributed by atoms with Gasteiger partial charge in [-0.2, -0.15) is 5.10 Å². The van der Waals surface area contributed by atoms with Crippen molar-refractivity contribution in [3.05, 3.63) is 46.3 Å². The van der Waals surface area contributed by atoms with Crippen molar-refractivity contribution >= 4 is 11.8 Å². The van der Waals surface area contributed by atoms with Gasteiger partial charge in [0.25, 0.3) is 5.91 Å². The fourth-order valence-electron chi connectivity index (χ4n) is 3.10. The number of nitrogens with one attached hydrogen (secondary N) is 2. The van der Waals surface area contributed by atoms with Crippen LogP contribution in [0.1, 0.15) is 48.3 Å². The first-order chi connectivity index (χ1) is 13.7. The molecule has 0 radical (unpaired) electrons. The number of hydrogen-bond acceptors (Lipinski definition) is 4. The summed E-state index contributed by atoms with van der Waals surface area (Å²) in [6.45, 7) is 12.9. The molecule has 0 spiro atoms. The molecule has 0 aliphatic rings. The van der Waals surface area contributed by atoms with Gasteiger partial charge in [-0.25, -0.2) is 0 Å². The van der Waals surface area contributed by atoms with Crippen LogP contribution in [0.3, 0.4) is 0 Å². The van der Waals surface area contributed by atoms with E-state index < -0.39 is 5.91 Å². The van der Waals surface area contributed by atoms with Gasteiger partial charge < -0.3 is 4.74 Å². The molecule has 2 aromatic rings. The third-order valence-electron chi connectivity index (χ3n) is 4.72. The van der Waals surface area contributed by atoms with Gasteiger partial charge in [0.05, 0.1) is 5.69 Å². The van der Waals surface area contributed by atoms with E-state index in [0.717, 1.165) is 34.6 Å². The van der Waals surface area contributed by atoms with Gasteiger partial charge in [0.1, 0.15) is 5.75 Å². The number of hydrogen-bond donors (Lipinski definition) is 2. The summed E-state index contributed by atoms with van der Waals surface area (Å²) in [7, 11) is 0. The molecule has 0 unspecified atom stereocenters. The summed E-state index contributed by atoms with van der Waals surface area (Å²) < 4.78 is 7.53. The summed E-state index contributed by atoms with van der Waals surface area (Å²) in [6, 6.07) is 5.81. The molecular weight excluding hydrogens is 368 g/mol. The lowest BCUT2D eigenvalue weighted by Gasteiger charge is -2.11. The zero-order chi connectivity index (χ0) is 21.6. The number of hydrazine groups is 1. The molecule has 0 bridgehead atoms. The number of benzene rings is 1. The molecule has 158 valence electrons. The van der Waals surface area contributed by atoms with Crippen molar-refractivity contribution < 1.29 is 14.3 Å². The summed E-state index contributed by atoms with van der Waals surface area (Å²) in [6.07, 6.45) is 0.851. The average molecular weight is 401 g/mol. The number of aromatic nitrogens is 2. The largest absolute Gasteiger partial charge is 0.483 e. The molecule has 0 aliphatic carbocycles. The molecule has 1 heterocycles. The molecular formula is C22H32N4O3. The molecule has 0 saturated heterocycles. The highest BCUT2D eigenvalue weighted by atomic mass is 16.5. The highest BCUT2D eigenvalue weighted by Crippen LogP contribution is 2.19. The zero-order valence-electron chi connectivity index (χ0n) is 18.3. The minimum atomic E-state index is -0.406. The number of ether oxygens (including phenoxy) is 1. The van der Waals surface area contributed by atoms with Crippen LogP contribution in [0.25, 0.3) is 0 Å². The second-order valence-electron chi connectivity index (χ2n) is 7.88. The summed E-state index contributed by atoms with van der Waals surface area (Å²) in [5.74, 6) is 0.512. The first-order valence-corrected chi connectivity index (χ1v) is 9.98. The summed E-state index contributed by atoms with van der Waals surface area (Å²) in [5, 5.41) is 4.57. The van der Waals surface area contributed by atoms with Gasteiger partial charge in [-0.15, -0.1) is 0 Å². The maximum absolute atomic E-state index is 12.1. The molecule has 1 aromatic carbocycles. The molecule has 1 aromatic heterocycles. The van der Waals surface area contributed by atoms with Crippen LogP contribution in [-0.2, 0) is 22.6 Å². The Morgan fingerprint density at radius 1 is 1.10 bits per heavy atom. The maximum Gasteiger partial charge on any atom is 0.276 e. The standard InChI is InChI=1S/C22H32N4O3/c1-14(2)12-26-18(6)19(17(5)25-26)9-10-21(27)23-24-22(28)13-29-20-11-15(3)7-8-16(20)4/h7-8,11,14H,9-10,12-13H2,1-6H3,(H,23,27)(H,24,28). The van der Waals surface area contributed by atoms with Gasteiger partial charge in [0, 0.05) is 18.7 Å². The molecule has 2 rings (SSSR count). The SMILES string of the molecule is Cc1ccc(C)c(OCC(=O)NNC(=O)CCc2c(C)nn(CC(C)C)c2C)c1. The summed E-state index contributed by atoms with van der Waals surface area (Å²) >= 11 is 0. The zero-order valence-corrected chi connectivity index (χ0v) is 18.3. The van der Waals surface area contributed by atoms with Crippen LogP contribution in [0.5, 0.6) is 5.75 Å². The van der Waals surface area contributed by atoms with Gasteiger partial charge in [0.2, 0.25) is 5.91 Å². The van der Waals surface area contributed by atoms with Crippen molar-refractivity contribution in [1.29, 1.82) is 0 Å². The molecule has 7 nitrogen and oxygen atoms in total. The number of carbonyl (C=O) groups excluding carboxylic acids is 2. The van der Waals surface area contributed by atoms with Gasteiger partial charge in [-0.05, 0) is 62.8 Å². The van der Waals surface area contributed by atoms with Crippen LogP contribution in [0.4, 0.5) is 0 Å². The Hall–Kier alpha value is -2.83. The second-order valence-corrected chi connectivity index (χ2v) is 7.88. The van der Waals surface area contributed by atoms with Crippen LogP contribution in [0.2, 0.25) is 0 Å². The third kappa shape index (κ3) is 6.62. The van der Waals surface area contributed by atoms with Crippen LogP contribution in [0, 0.1) is 33.6 Å². The van der Waals surface area contributed by atoms with Crippen molar-refractivity contribution in [3.63, 3.8) is 0 Å². The summed E-state index contributed by atoms with van der Waals surface area (Å²) in [5.41, 5.74) is 9.99. The Morgan fingerprint density at radius 2 is 1.79 bits per heavy atom. The Kier molecular flexibility index (Phi) is 7.82. The first-order valence-electron chi connectivity index (χ1n) is 9.98. The van der Waals surface area contributed by atoms with Crippen LogP contribution in [0.15, 0.2) is 18.2 Å². The predicted octanol–water partition coefficient (Wildman–Crippen LogP) is 2.93.